The van der Waals surface area contributed by atoms with Crippen LogP contribution in [0.3, 0.4) is 0 Å². The van der Waals surface area contributed by atoms with Crippen molar-refractivity contribution in [3.63, 3.8) is 0 Å². The highest BCUT2D eigenvalue weighted by Gasteiger charge is 2.72. The van der Waals surface area contributed by atoms with E-state index in [1.54, 1.807) is 12.1 Å². The van der Waals surface area contributed by atoms with Crippen molar-refractivity contribution in [2.75, 3.05) is 13.6 Å². The molecule has 12 nitrogen and oxygen atoms in total. The first-order valence-electron chi connectivity index (χ1n) is 14.9. The molecule has 254 valence electrons. The number of nitrogens with one attached hydrogen (secondary N) is 1. The van der Waals surface area contributed by atoms with E-state index < -0.39 is 65.7 Å². The van der Waals surface area contributed by atoms with Crippen molar-refractivity contribution in [1.82, 2.24) is 10.2 Å². The van der Waals surface area contributed by atoms with Gasteiger partial charge in [-0.1, -0.05) is 19.9 Å². The average molecular weight is 657 g/mol. The lowest BCUT2D eigenvalue weighted by Crippen LogP contribution is -2.74. The number of alkyl halides is 3. The number of phenols is 1. The number of hydrogen-bond acceptors (Lipinski definition) is 11. The number of likely N-dealkylation sites (tertiary alicyclic amines) is 1. The van der Waals surface area contributed by atoms with E-state index in [2.05, 4.69) is 10.2 Å². The van der Waals surface area contributed by atoms with Crippen molar-refractivity contribution in [2.24, 2.45) is 5.92 Å². The van der Waals surface area contributed by atoms with E-state index in [0.29, 0.717) is 25.1 Å². The zero-order valence-electron chi connectivity index (χ0n) is 26.1. The maximum absolute atomic E-state index is 13.2. The lowest BCUT2D eigenvalue weighted by molar-refractivity contribution is -0.176. The number of aliphatic hydroxyl groups excluding tert-OH is 1. The second-order valence-corrected chi connectivity index (χ2v) is 12.6. The SMILES string of the molecule is CC(C)C[C@H](NC(=O)[C@H](C)O)C(=O)O[C@@H](C)C(=O)OC1=CC[C@@]2(O)[C@H]3Cc4ccc(O)c5c4[C@@]2(CCN3C)[C@H]1O5.O=CC(F)(F)F. The highest BCUT2D eigenvalue weighted by Crippen LogP contribution is 2.65. The first-order chi connectivity index (χ1) is 21.4. The molecule has 46 heavy (non-hydrogen) atoms. The maximum Gasteiger partial charge on any atom is 0.446 e. The number of hydrogen-bond donors (Lipinski definition) is 4. The molecule has 1 spiro atoms. The topological polar surface area (TPSA) is 172 Å². The van der Waals surface area contributed by atoms with Crippen molar-refractivity contribution in [3.05, 3.63) is 35.1 Å². The highest BCUT2D eigenvalue weighted by atomic mass is 19.4. The van der Waals surface area contributed by atoms with Gasteiger partial charge in [-0.25, -0.2) is 9.59 Å². The number of esters is 2. The number of carbonyl (C=O) groups excluding carboxylic acids is 4. The summed E-state index contributed by atoms with van der Waals surface area (Å²) in [6.07, 6.45) is -5.92. The number of benzene rings is 1. The number of aliphatic hydroxyl groups is 2. The van der Waals surface area contributed by atoms with Gasteiger partial charge in [-0.2, -0.15) is 13.2 Å². The van der Waals surface area contributed by atoms with Gasteiger partial charge in [0.1, 0.15) is 17.9 Å². The summed E-state index contributed by atoms with van der Waals surface area (Å²) in [5.74, 6) is -1.89. The summed E-state index contributed by atoms with van der Waals surface area (Å²) >= 11 is 0. The number of nitrogens with zero attached hydrogens (tertiary/aromatic N) is 1. The molecule has 4 aliphatic rings. The van der Waals surface area contributed by atoms with E-state index in [4.69, 9.17) is 19.0 Å². The fourth-order valence-electron chi connectivity index (χ4n) is 6.92. The molecule has 7 atom stereocenters. The molecule has 0 unspecified atom stereocenters. The number of rotatable bonds is 8. The Morgan fingerprint density at radius 2 is 1.85 bits per heavy atom. The number of aldehydes is 1. The van der Waals surface area contributed by atoms with Gasteiger partial charge in [0.2, 0.25) is 12.2 Å². The number of piperidine rings is 1. The summed E-state index contributed by atoms with van der Waals surface area (Å²) in [6.45, 7) is 7.08. The first kappa shape index (κ1) is 35.2. The molecule has 1 amide bonds. The summed E-state index contributed by atoms with van der Waals surface area (Å²) in [5.41, 5.74) is -0.349. The van der Waals surface area contributed by atoms with Crippen LogP contribution in [0.4, 0.5) is 13.2 Å². The molecule has 1 saturated heterocycles. The van der Waals surface area contributed by atoms with Crippen molar-refractivity contribution in [3.8, 4) is 11.5 Å². The zero-order chi connectivity index (χ0) is 34.4. The summed E-state index contributed by atoms with van der Waals surface area (Å²) < 4.78 is 48.7. The Kier molecular flexibility index (Phi) is 9.82. The predicted molar refractivity (Wildman–Crippen MR) is 153 cm³/mol. The molecule has 1 fully saturated rings. The minimum atomic E-state index is -4.64. The van der Waals surface area contributed by atoms with E-state index in [-0.39, 0.29) is 36.3 Å². The number of likely N-dealkylation sites (N-methyl/N-ethyl adjacent to an activating group) is 1. The Labute approximate surface area is 263 Å². The van der Waals surface area contributed by atoms with E-state index in [1.165, 1.54) is 13.8 Å². The molecule has 1 aromatic rings. The van der Waals surface area contributed by atoms with Crippen LogP contribution in [0.1, 0.15) is 58.1 Å². The van der Waals surface area contributed by atoms with Crippen LogP contribution in [0.5, 0.6) is 11.5 Å². The molecule has 15 heteroatoms. The number of halogens is 3. The smallest absolute Gasteiger partial charge is 0.446 e. The standard InChI is InChI=1S/C29H38N2O9.C2HF3O/c1-14(2)12-18(30-25(34)15(3)32)27(36)38-16(4)26(35)39-20-8-9-29(37)21-13-17-6-7-19(33)23-22(17)28(29,24(20)40-23)10-11-31(21)5;3-2(4,5)1-6/h6-8,14-16,18,21,24,32-33,37H,9-13H2,1-5H3,(H,30,34);1H/t15-,16-,18-,21+,24-,28-,29+;/m0./s1. The van der Waals surface area contributed by atoms with Crippen LogP contribution in [0.25, 0.3) is 0 Å². The number of phenolic OH excluding ortho intramolecular Hbond substituents is 1. The van der Waals surface area contributed by atoms with Crippen LogP contribution in [-0.2, 0) is 40.5 Å². The second-order valence-electron chi connectivity index (χ2n) is 12.6. The zero-order valence-corrected chi connectivity index (χ0v) is 26.1. The van der Waals surface area contributed by atoms with Gasteiger partial charge in [-0.15, -0.1) is 0 Å². The van der Waals surface area contributed by atoms with Crippen molar-refractivity contribution in [1.29, 1.82) is 0 Å². The fourth-order valence-corrected chi connectivity index (χ4v) is 6.92. The van der Waals surface area contributed by atoms with Crippen LogP contribution >= 0.6 is 0 Å². The van der Waals surface area contributed by atoms with Crippen molar-refractivity contribution < 1.29 is 61.9 Å². The van der Waals surface area contributed by atoms with Gasteiger partial charge in [-0.3, -0.25) is 9.59 Å². The molecule has 0 radical (unpaired) electrons. The largest absolute Gasteiger partial charge is 0.504 e. The van der Waals surface area contributed by atoms with E-state index in [0.717, 1.165) is 11.1 Å². The van der Waals surface area contributed by atoms with Gasteiger partial charge < -0.3 is 39.7 Å². The second kappa shape index (κ2) is 12.8. The van der Waals surface area contributed by atoms with Crippen LogP contribution in [0.2, 0.25) is 0 Å². The highest BCUT2D eigenvalue weighted by molar-refractivity contribution is 5.88. The summed E-state index contributed by atoms with van der Waals surface area (Å²) in [5, 5.41) is 34.9. The molecule has 0 saturated carbocycles. The maximum atomic E-state index is 13.2. The van der Waals surface area contributed by atoms with E-state index in [9.17, 15) is 42.9 Å². The van der Waals surface area contributed by atoms with Gasteiger partial charge >= 0.3 is 18.1 Å². The number of amides is 1. The summed E-state index contributed by atoms with van der Waals surface area (Å²) in [7, 11) is 1.98. The Morgan fingerprint density at radius 1 is 1.20 bits per heavy atom. The Hall–Kier alpha value is -3.69. The third-order valence-electron chi connectivity index (χ3n) is 9.02. The molecule has 4 N–H and O–H groups in total. The molecular formula is C31H39F3N2O10. The van der Waals surface area contributed by atoms with Crippen LogP contribution < -0.4 is 10.1 Å². The Balaban J connectivity index is 0.000000731. The molecule has 2 aliphatic carbocycles. The normalized spacial score (nSPS) is 27.8. The van der Waals surface area contributed by atoms with Crippen molar-refractivity contribution in [2.45, 2.75) is 101 Å². The molecule has 5 rings (SSSR count). The molecule has 1 aromatic carbocycles. The minimum absolute atomic E-state index is 0.0239. The third kappa shape index (κ3) is 6.32. The van der Waals surface area contributed by atoms with Gasteiger partial charge in [-0.05, 0) is 70.3 Å². The summed E-state index contributed by atoms with van der Waals surface area (Å²) in [4.78, 5) is 48.9. The number of aromatic hydroxyl groups is 1. The Morgan fingerprint density at radius 3 is 2.43 bits per heavy atom. The van der Waals surface area contributed by atoms with Crippen molar-refractivity contribution >= 4 is 24.1 Å². The van der Waals surface area contributed by atoms with Crippen LogP contribution in [-0.4, -0.2) is 100 Å². The van der Waals surface area contributed by atoms with Crippen LogP contribution in [0, 0.1) is 5.92 Å². The molecule has 2 aliphatic heterocycles. The summed E-state index contributed by atoms with van der Waals surface area (Å²) in [6, 6.07) is 2.22. The predicted octanol–water partition coefficient (Wildman–Crippen LogP) is 1.80. The van der Waals surface area contributed by atoms with E-state index >= 15 is 0 Å². The number of ether oxygens (including phenoxy) is 3. The van der Waals surface area contributed by atoms with Gasteiger partial charge in [0.05, 0.1) is 11.0 Å². The van der Waals surface area contributed by atoms with Gasteiger partial charge in [0.25, 0.3) is 0 Å². The quantitative estimate of drug-likeness (QED) is 0.238. The molecule has 2 bridgehead atoms. The first-order valence-corrected chi connectivity index (χ1v) is 14.9. The lowest BCUT2D eigenvalue weighted by atomic mass is 9.50. The fraction of sp³-hybridized carbons (Fsp3) is 0.613. The Bertz CT molecular complexity index is 1410. The molecular weight excluding hydrogens is 617 g/mol. The average Bonchev–Trinajstić information content (AvgIpc) is 3.33. The van der Waals surface area contributed by atoms with Crippen LogP contribution in [0.15, 0.2) is 24.0 Å². The van der Waals surface area contributed by atoms with Gasteiger partial charge in [0, 0.05) is 18.0 Å². The third-order valence-corrected chi connectivity index (χ3v) is 9.02. The minimum Gasteiger partial charge on any atom is -0.504 e. The molecule has 0 aromatic heterocycles. The van der Waals surface area contributed by atoms with Gasteiger partial charge in [0.15, 0.2) is 23.7 Å². The van der Waals surface area contributed by atoms with E-state index in [1.807, 2.05) is 27.0 Å². The monoisotopic (exact) mass is 656 g/mol. The lowest BCUT2D eigenvalue weighted by Gasteiger charge is -2.61. The number of carbonyl (C=O) groups is 4. The molecule has 2 heterocycles.